The van der Waals surface area contributed by atoms with Gasteiger partial charge < -0.3 is 4.90 Å². The molecule has 4 nitrogen and oxygen atoms in total. The van der Waals surface area contributed by atoms with Crippen LogP contribution in [0.1, 0.15) is 17.0 Å². The molecule has 4 heteroatoms. The molecule has 2 aromatic rings. The SMILES string of the molecule is Cc1ccnc(N2CCN(CCc3cccc(C)n3)CC2)c1. The lowest BCUT2D eigenvalue weighted by molar-refractivity contribution is 0.259. The van der Waals surface area contributed by atoms with E-state index in [4.69, 9.17) is 0 Å². The lowest BCUT2D eigenvalue weighted by atomic mass is 10.2. The highest BCUT2D eigenvalue weighted by Gasteiger charge is 2.17. The summed E-state index contributed by atoms with van der Waals surface area (Å²) in [5, 5.41) is 0. The predicted octanol–water partition coefficient (Wildman–Crippen LogP) is 2.46. The number of aryl methyl sites for hydroxylation is 2. The van der Waals surface area contributed by atoms with E-state index in [-0.39, 0.29) is 0 Å². The Morgan fingerprint density at radius 3 is 2.59 bits per heavy atom. The van der Waals surface area contributed by atoms with E-state index in [0.717, 1.165) is 50.7 Å². The molecule has 3 heterocycles. The number of piperazine rings is 1. The van der Waals surface area contributed by atoms with E-state index >= 15 is 0 Å². The lowest BCUT2D eigenvalue weighted by Crippen LogP contribution is -2.47. The zero-order valence-electron chi connectivity index (χ0n) is 13.5. The first-order chi connectivity index (χ1) is 10.7. The summed E-state index contributed by atoms with van der Waals surface area (Å²) in [5.41, 5.74) is 3.58. The van der Waals surface area contributed by atoms with Crippen LogP contribution in [0.3, 0.4) is 0 Å². The van der Waals surface area contributed by atoms with Crippen molar-refractivity contribution in [2.45, 2.75) is 20.3 Å². The van der Waals surface area contributed by atoms with Gasteiger partial charge in [0.25, 0.3) is 0 Å². The van der Waals surface area contributed by atoms with Crippen molar-refractivity contribution < 1.29 is 0 Å². The Bertz CT molecular complexity index is 618. The molecule has 22 heavy (non-hydrogen) atoms. The Morgan fingerprint density at radius 1 is 1.05 bits per heavy atom. The summed E-state index contributed by atoms with van der Waals surface area (Å²) in [6, 6.07) is 10.5. The Kier molecular flexibility index (Phi) is 4.68. The fourth-order valence-corrected chi connectivity index (χ4v) is 2.91. The van der Waals surface area contributed by atoms with Crippen molar-refractivity contribution >= 4 is 5.82 Å². The second kappa shape index (κ2) is 6.88. The Morgan fingerprint density at radius 2 is 1.86 bits per heavy atom. The van der Waals surface area contributed by atoms with Crippen molar-refractivity contribution in [2.75, 3.05) is 37.6 Å². The summed E-state index contributed by atoms with van der Waals surface area (Å²) in [6.45, 7) is 9.57. The van der Waals surface area contributed by atoms with Crippen molar-refractivity contribution in [3.8, 4) is 0 Å². The molecule has 0 radical (unpaired) electrons. The van der Waals surface area contributed by atoms with Crippen LogP contribution in [0.5, 0.6) is 0 Å². The van der Waals surface area contributed by atoms with E-state index in [1.54, 1.807) is 0 Å². The van der Waals surface area contributed by atoms with Gasteiger partial charge in [0.2, 0.25) is 0 Å². The first-order valence-corrected chi connectivity index (χ1v) is 8.03. The molecule has 0 atom stereocenters. The van der Waals surface area contributed by atoms with E-state index in [1.807, 2.05) is 6.20 Å². The van der Waals surface area contributed by atoms with Gasteiger partial charge in [-0.05, 0) is 43.7 Å². The average molecular weight is 296 g/mol. The summed E-state index contributed by atoms with van der Waals surface area (Å²) in [7, 11) is 0. The van der Waals surface area contributed by atoms with Gasteiger partial charge in [0.15, 0.2) is 0 Å². The van der Waals surface area contributed by atoms with Crippen molar-refractivity contribution in [1.82, 2.24) is 14.9 Å². The van der Waals surface area contributed by atoms with Crippen molar-refractivity contribution in [2.24, 2.45) is 0 Å². The molecule has 0 spiro atoms. The van der Waals surface area contributed by atoms with Crippen molar-refractivity contribution in [3.63, 3.8) is 0 Å². The zero-order valence-corrected chi connectivity index (χ0v) is 13.5. The summed E-state index contributed by atoms with van der Waals surface area (Å²) >= 11 is 0. The van der Waals surface area contributed by atoms with Crippen LogP contribution in [0.15, 0.2) is 36.5 Å². The van der Waals surface area contributed by atoms with Crippen LogP contribution in [0.2, 0.25) is 0 Å². The first-order valence-electron chi connectivity index (χ1n) is 8.03. The normalized spacial score (nSPS) is 16.0. The van der Waals surface area contributed by atoms with E-state index in [1.165, 1.54) is 11.3 Å². The number of aromatic nitrogens is 2. The molecular weight excluding hydrogens is 272 g/mol. The van der Waals surface area contributed by atoms with Gasteiger partial charge in [-0.15, -0.1) is 0 Å². The first kappa shape index (κ1) is 15.0. The third kappa shape index (κ3) is 3.83. The van der Waals surface area contributed by atoms with E-state index in [0.29, 0.717) is 0 Å². The maximum absolute atomic E-state index is 4.58. The topological polar surface area (TPSA) is 32.3 Å². The van der Waals surface area contributed by atoms with Crippen LogP contribution in [-0.2, 0) is 6.42 Å². The summed E-state index contributed by atoms with van der Waals surface area (Å²) < 4.78 is 0. The highest BCUT2D eigenvalue weighted by Crippen LogP contribution is 2.14. The molecule has 0 amide bonds. The minimum atomic E-state index is 1.03. The maximum Gasteiger partial charge on any atom is 0.128 e. The number of rotatable bonds is 4. The van der Waals surface area contributed by atoms with Crippen LogP contribution < -0.4 is 4.90 Å². The maximum atomic E-state index is 4.58. The minimum Gasteiger partial charge on any atom is -0.354 e. The number of hydrogen-bond donors (Lipinski definition) is 0. The second-order valence-corrected chi connectivity index (χ2v) is 6.04. The van der Waals surface area contributed by atoms with Gasteiger partial charge in [-0.25, -0.2) is 4.98 Å². The molecule has 1 aliphatic rings. The largest absolute Gasteiger partial charge is 0.354 e. The van der Waals surface area contributed by atoms with Crippen LogP contribution in [-0.4, -0.2) is 47.6 Å². The third-order valence-corrected chi connectivity index (χ3v) is 4.23. The van der Waals surface area contributed by atoms with Gasteiger partial charge in [-0.2, -0.15) is 0 Å². The quantitative estimate of drug-likeness (QED) is 0.867. The number of pyridine rings is 2. The van der Waals surface area contributed by atoms with Gasteiger partial charge in [-0.1, -0.05) is 6.07 Å². The fraction of sp³-hybridized carbons (Fsp3) is 0.444. The monoisotopic (exact) mass is 296 g/mol. The predicted molar refractivity (Wildman–Crippen MR) is 90.3 cm³/mol. The van der Waals surface area contributed by atoms with Crippen LogP contribution in [0.25, 0.3) is 0 Å². The second-order valence-electron chi connectivity index (χ2n) is 6.04. The van der Waals surface area contributed by atoms with Gasteiger partial charge >= 0.3 is 0 Å². The molecule has 1 fully saturated rings. The standard InChI is InChI=1S/C18H24N4/c1-15-6-8-19-18(14-15)22-12-10-21(11-13-22)9-7-17-5-3-4-16(2)20-17/h3-6,8,14H,7,9-13H2,1-2H3. The zero-order chi connectivity index (χ0) is 15.4. The summed E-state index contributed by atoms with van der Waals surface area (Å²) in [5.74, 6) is 1.11. The lowest BCUT2D eigenvalue weighted by Gasteiger charge is -2.35. The molecule has 0 aromatic carbocycles. The Hall–Kier alpha value is -1.94. The number of anilines is 1. The van der Waals surface area contributed by atoms with Gasteiger partial charge in [0.1, 0.15) is 5.82 Å². The van der Waals surface area contributed by atoms with Gasteiger partial charge in [0.05, 0.1) is 0 Å². The minimum absolute atomic E-state index is 1.03. The van der Waals surface area contributed by atoms with E-state index in [2.05, 4.69) is 63.9 Å². The molecule has 2 aromatic heterocycles. The Balaban J connectivity index is 1.49. The average Bonchev–Trinajstić information content (AvgIpc) is 2.54. The summed E-state index contributed by atoms with van der Waals surface area (Å²) in [6.07, 6.45) is 2.94. The van der Waals surface area contributed by atoms with E-state index < -0.39 is 0 Å². The molecule has 0 N–H and O–H groups in total. The highest BCUT2D eigenvalue weighted by molar-refractivity contribution is 5.41. The molecule has 1 saturated heterocycles. The number of nitrogens with zero attached hydrogens (tertiary/aromatic N) is 4. The highest BCUT2D eigenvalue weighted by atomic mass is 15.3. The van der Waals surface area contributed by atoms with Crippen LogP contribution in [0.4, 0.5) is 5.82 Å². The van der Waals surface area contributed by atoms with Crippen LogP contribution >= 0.6 is 0 Å². The number of hydrogen-bond acceptors (Lipinski definition) is 4. The third-order valence-electron chi connectivity index (χ3n) is 4.23. The van der Waals surface area contributed by atoms with Crippen LogP contribution in [0, 0.1) is 13.8 Å². The van der Waals surface area contributed by atoms with E-state index in [9.17, 15) is 0 Å². The Labute approximate surface area is 132 Å². The molecule has 1 aliphatic heterocycles. The van der Waals surface area contributed by atoms with Gasteiger partial charge in [-0.3, -0.25) is 9.88 Å². The smallest absolute Gasteiger partial charge is 0.128 e. The molecule has 3 rings (SSSR count). The van der Waals surface area contributed by atoms with Crippen molar-refractivity contribution in [3.05, 3.63) is 53.5 Å². The molecule has 0 unspecified atom stereocenters. The van der Waals surface area contributed by atoms with Crippen molar-refractivity contribution in [1.29, 1.82) is 0 Å². The fourth-order valence-electron chi connectivity index (χ4n) is 2.91. The molecular formula is C18H24N4. The molecule has 0 saturated carbocycles. The molecule has 0 bridgehead atoms. The molecule has 0 aliphatic carbocycles. The van der Waals surface area contributed by atoms with Gasteiger partial charge in [0, 0.05) is 56.7 Å². The molecule has 116 valence electrons. The summed E-state index contributed by atoms with van der Waals surface area (Å²) in [4.78, 5) is 14.0.